The largest absolute Gasteiger partial charge is 0.321 e. The second-order valence-electron chi connectivity index (χ2n) is 5.48. The highest BCUT2D eigenvalue weighted by molar-refractivity contribution is 5.34. The summed E-state index contributed by atoms with van der Waals surface area (Å²) < 4.78 is 0. The molecule has 1 nitrogen and oxygen atoms in total. The third kappa shape index (κ3) is 3.05. The van der Waals surface area contributed by atoms with Gasteiger partial charge in [-0.05, 0) is 43.4 Å². The zero-order valence-electron chi connectivity index (χ0n) is 12.1. The van der Waals surface area contributed by atoms with Crippen molar-refractivity contribution in [3.63, 3.8) is 0 Å². The summed E-state index contributed by atoms with van der Waals surface area (Å²) in [5.41, 5.74) is 11.6. The summed E-state index contributed by atoms with van der Waals surface area (Å²) in [5, 5.41) is 0. The van der Waals surface area contributed by atoms with Gasteiger partial charge in [0.15, 0.2) is 0 Å². The first kappa shape index (κ1) is 13.8. The normalized spacial score (nSPS) is 14.1. The minimum atomic E-state index is -0.278. The Balaban J connectivity index is 2.36. The predicted molar refractivity (Wildman–Crippen MR) is 82.2 cm³/mol. The highest BCUT2D eigenvalue weighted by Crippen LogP contribution is 2.28. The quantitative estimate of drug-likeness (QED) is 0.872. The number of hydrogen-bond donors (Lipinski definition) is 1. The molecule has 1 atom stereocenters. The highest BCUT2D eigenvalue weighted by atomic mass is 14.7. The second kappa shape index (κ2) is 5.58. The number of aryl methyl sites for hydroxylation is 2. The van der Waals surface area contributed by atoms with Crippen molar-refractivity contribution in [2.24, 2.45) is 5.73 Å². The van der Waals surface area contributed by atoms with Crippen molar-refractivity contribution < 1.29 is 0 Å². The van der Waals surface area contributed by atoms with Gasteiger partial charge in [0, 0.05) is 5.54 Å². The zero-order valence-corrected chi connectivity index (χ0v) is 12.1. The van der Waals surface area contributed by atoms with Gasteiger partial charge in [-0.3, -0.25) is 0 Å². The van der Waals surface area contributed by atoms with Crippen LogP contribution in [0.5, 0.6) is 0 Å². The lowest BCUT2D eigenvalue weighted by atomic mass is 9.81. The zero-order chi connectivity index (χ0) is 13.9. The number of benzene rings is 2. The number of hydrogen-bond acceptors (Lipinski definition) is 1. The van der Waals surface area contributed by atoms with Gasteiger partial charge in [0.2, 0.25) is 0 Å². The summed E-state index contributed by atoms with van der Waals surface area (Å²) in [6.45, 7) is 6.46. The summed E-state index contributed by atoms with van der Waals surface area (Å²) in [6.07, 6.45) is 1.82. The minimum Gasteiger partial charge on any atom is -0.321 e. The first-order chi connectivity index (χ1) is 9.05. The number of nitrogens with two attached hydrogens (primary N) is 1. The van der Waals surface area contributed by atoms with E-state index in [-0.39, 0.29) is 5.54 Å². The topological polar surface area (TPSA) is 26.0 Å². The molecule has 100 valence electrons. The first-order valence-corrected chi connectivity index (χ1v) is 6.96. The molecule has 1 heteroatoms. The Bertz CT molecular complexity index is 545. The minimum absolute atomic E-state index is 0.278. The summed E-state index contributed by atoms with van der Waals surface area (Å²) in [7, 11) is 0. The molecule has 0 fully saturated rings. The van der Waals surface area contributed by atoms with Gasteiger partial charge >= 0.3 is 0 Å². The van der Waals surface area contributed by atoms with Crippen LogP contribution < -0.4 is 5.73 Å². The fraction of sp³-hybridized carbons (Fsp3) is 0.333. The molecule has 0 amide bonds. The maximum absolute atomic E-state index is 6.67. The van der Waals surface area contributed by atoms with Crippen LogP contribution in [-0.4, -0.2) is 0 Å². The maximum atomic E-state index is 6.67. The molecule has 2 aromatic rings. The summed E-state index contributed by atoms with van der Waals surface area (Å²) in [6, 6.07) is 17.0. The lowest BCUT2D eigenvalue weighted by Gasteiger charge is -2.30. The fourth-order valence-electron chi connectivity index (χ4n) is 2.53. The molecule has 0 heterocycles. The van der Waals surface area contributed by atoms with Crippen molar-refractivity contribution >= 4 is 0 Å². The Morgan fingerprint density at radius 2 is 1.68 bits per heavy atom. The van der Waals surface area contributed by atoms with Crippen LogP contribution in [0.2, 0.25) is 0 Å². The van der Waals surface area contributed by atoms with Crippen molar-refractivity contribution in [3.8, 4) is 0 Å². The Labute approximate surface area is 116 Å². The third-order valence-corrected chi connectivity index (χ3v) is 3.99. The molecule has 0 saturated carbocycles. The molecular formula is C18H23N. The molecule has 0 aromatic heterocycles. The van der Waals surface area contributed by atoms with Crippen LogP contribution in [-0.2, 0) is 12.0 Å². The van der Waals surface area contributed by atoms with E-state index in [9.17, 15) is 0 Å². The van der Waals surface area contributed by atoms with E-state index in [1.165, 1.54) is 22.3 Å². The summed E-state index contributed by atoms with van der Waals surface area (Å²) in [4.78, 5) is 0. The molecule has 0 spiro atoms. The molecule has 0 aliphatic carbocycles. The molecule has 2 N–H and O–H groups in total. The molecule has 0 aliphatic rings. The molecular weight excluding hydrogens is 230 g/mol. The van der Waals surface area contributed by atoms with Crippen molar-refractivity contribution in [1.82, 2.24) is 0 Å². The van der Waals surface area contributed by atoms with Crippen LogP contribution in [0.15, 0.2) is 48.5 Å². The van der Waals surface area contributed by atoms with Crippen LogP contribution >= 0.6 is 0 Å². The van der Waals surface area contributed by atoms with Crippen molar-refractivity contribution in [1.29, 1.82) is 0 Å². The van der Waals surface area contributed by atoms with Crippen LogP contribution in [0.1, 0.15) is 35.6 Å². The lowest BCUT2D eigenvalue weighted by molar-refractivity contribution is 0.424. The molecule has 0 saturated heterocycles. The van der Waals surface area contributed by atoms with Gasteiger partial charge in [0.25, 0.3) is 0 Å². The van der Waals surface area contributed by atoms with Gasteiger partial charge in [0.1, 0.15) is 0 Å². The molecule has 0 bridgehead atoms. The molecule has 2 aromatic carbocycles. The maximum Gasteiger partial charge on any atom is 0.0447 e. The van der Waals surface area contributed by atoms with Gasteiger partial charge in [0.05, 0.1) is 0 Å². The van der Waals surface area contributed by atoms with Gasteiger partial charge in [-0.25, -0.2) is 0 Å². The Morgan fingerprint density at radius 1 is 1.00 bits per heavy atom. The monoisotopic (exact) mass is 253 g/mol. The fourth-order valence-corrected chi connectivity index (χ4v) is 2.53. The molecule has 2 rings (SSSR count). The van der Waals surface area contributed by atoms with Crippen LogP contribution in [0.3, 0.4) is 0 Å². The van der Waals surface area contributed by atoms with Crippen molar-refractivity contribution in [2.45, 2.75) is 39.2 Å². The van der Waals surface area contributed by atoms with E-state index in [2.05, 4.69) is 63.2 Å². The average Bonchev–Trinajstić information content (AvgIpc) is 2.44. The molecule has 19 heavy (non-hydrogen) atoms. The SMILES string of the molecule is CCC(N)(Cc1cc(C)ccc1C)c1ccccc1. The van der Waals surface area contributed by atoms with Gasteiger partial charge in [-0.2, -0.15) is 0 Å². The Hall–Kier alpha value is -1.60. The smallest absolute Gasteiger partial charge is 0.0447 e. The average molecular weight is 253 g/mol. The van der Waals surface area contributed by atoms with E-state index in [0.717, 1.165) is 12.8 Å². The third-order valence-electron chi connectivity index (χ3n) is 3.99. The Kier molecular flexibility index (Phi) is 4.06. The van der Waals surface area contributed by atoms with E-state index < -0.39 is 0 Å². The van der Waals surface area contributed by atoms with E-state index in [1.54, 1.807) is 0 Å². The highest BCUT2D eigenvalue weighted by Gasteiger charge is 2.25. The first-order valence-electron chi connectivity index (χ1n) is 6.96. The molecule has 0 aliphatic heterocycles. The lowest BCUT2D eigenvalue weighted by Crippen LogP contribution is -2.38. The molecule has 0 radical (unpaired) electrons. The van der Waals surface area contributed by atoms with Gasteiger partial charge in [-0.1, -0.05) is 61.0 Å². The predicted octanol–water partition coefficient (Wildman–Crippen LogP) is 4.11. The van der Waals surface area contributed by atoms with E-state index >= 15 is 0 Å². The van der Waals surface area contributed by atoms with E-state index in [1.807, 2.05) is 6.07 Å². The van der Waals surface area contributed by atoms with E-state index in [4.69, 9.17) is 5.73 Å². The summed E-state index contributed by atoms with van der Waals surface area (Å²) in [5.74, 6) is 0. The van der Waals surface area contributed by atoms with Crippen LogP contribution in [0.4, 0.5) is 0 Å². The summed E-state index contributed by atoms with van der Waals surface area (Å²) >= 11 is 0. The van der Waals surface area contributed by atoms with Crippen LogP contribution in [0.25, 0.3) is 0 Å². The molecule has 1 unspecified atom stereocenters. The van der Waals surface area contributed by atoms with Crippen molar-refractivity contribution in [2.75, 3.05) is 0 Å². The van der Waals surface area contributed by atoms with Crippen LogP contribution in [0, 0.1) is 13.8 Å². The Morgan fingerprint density at radius 3 is 2.32 bits per heavy atom. The standard InChI is InChI=1S/C18H23N/c1-4-18(19,17-8-6-5-7-9-17)13-16-12-14(2)10-11-15(16)3/h5-12H,4,13,19H2,1-3H3. The number of rotatable bonds is 4. The van der Waals surface area contributed by atoms with Crippen molar-refractivity contribution in [3.05, 3.63) is 70.8 Å². The van der Waals surface area contributed by atoms with Gasteiger partial charge in [-0.15, -0.1) is 0 Å². The van der Waals surface area contributed by atoms with E-state index in [0.29, 0.717) is 0 Å². The van der Waals surface area contributed by atoms with Gasteiger partial charge < -0.3 is 5.73 Å². The second-order valence-corrected chi connectivity index (χ2v) is 5.48.